The van der Waals surface area contributed by atoms with Crippen LogP contribution in [0.4, 0.5) is 0 Å². The van der Waals surface area contributed by atoms with Gasteiger partial charge < -0.3 is 0 Å². The van der Waals surface area contributed by atoms with Gasteiger partial charge in [0.1, 0.15) is 0 Å². The van der Waals surface area contributed by atoms with Gasteiger partial charge in [0.15, 0.2) is 0 Å². The van der Waals surface area contributed by atoms with Crippen molar-refractivity contribution in [3.8, 4) is 0 Å². The van der Waals surface area contributed by atoms with Gasteiger partial charge in [-0.15, -0.1) is 0 Å². The topological polar surface area (TPSA) is 0 Å². The van der Waals surface area contributed by atoms with Crippen LogP contribution in [-0.4, -0.2) is 0 Å². The Morgan fingerprint density at radius 3 is 2.38 bits per heavy atom. The van der Waals surface area contributed by atoms with Crippen molar-refractivity contribution in [2.75, 3.05) is 0 Å². The van der Waals surface area contributed by atoms with E-state index in [-0.39, 0.29) is 0 Å². The fourth-order valence-electron chi connectivity index (χ4n) is 1.28. The van der Waals surface area contributed by atoms with Gasteiger partial charge in [0, 0.05) is 0 Å². The highest BCUT2D eigenvalue weighted by atomic mass is 14.0. The van der Waals surface area contributed by atoms with E-state index in [1.165, 1.54) is 24.0 Å². The van der Waals surface area contributed by atoms with Crippen LogP contribution in [0.25, 0.3) is 0 Å². The summed E-state index contributed by atoms with van der Waals surface area (Å²) >= 11 is 0. The lowest BCUT2D eigenvalue weighted by Crippen LogP contribution is -1.82. The summed E-state index contributed by atoms with van der Waals surface area (Å²) in [5.74, 6) is 0. The summed E-state index contributed by atoms with van der Waals surface area (Å²) in [4.78, 5) is 0. The van der Waals surface area contributed by atoms with Gasteiger partial charge in [0.05, 0.1) is 0 Å². The van der Waals surface area contributed by atoms with Gasteiger partial charge in [0.25, 0.3) is 0 Å². The molecular formula is C13H17. The van der Waals surface area contributed by atoms with Crippen LogP contribution in [0.3, 0.4) is 0 Å². The highest BCUT2D eigenvalue weighted by Gasteiger charge is 1.90. The summed E-state index contributed by atoms with van der Waals surface area (Å²) in [6, 6.07) is 8.65. The van der Waals surface area contributed by atoms with E-state index in [4.69, 9.17) is 0 Å². The van der Waals surface area contributed by atoms with Crippen LogP contribution in [0.15, 0.2) is 30.3 Å². The average molecular weight is 173 g/mol. The first-order chi connectivity index (χ1) is 6.36. The Balaban J connectivity index is 2.64. The van der Waals surface area contributed by atoms with E-state index < -0.39 is 0 Å². The molecule has 69 valence electrons. The Bertz CT molecular complexity index is 254. The molecule has 0 aliphatic rings. The highest BCUT2D eigenvalue weighted by molar-refractivity contribution is 5.26. The smallest absolute Gasteiger partial charge is 0.0149 e. The Kier molecular flexibility index (Phi) is 4.31. The van der Waals surface area contributed by atoms with Crippen molar-refractivity contribution < 1.29 is 0 Å². The lowest BCUT2D eigenvalue weighted by Gasteiger charge is -1.98. The first-order valence-corrected chi connectivity index (χ1v) is 5.04. The van der Waals surface area contributed by atoms with Crippen molar-refractivity contribution in [3.63, 3.8) is 0 Å². The Labute approximate surface area is 81.3 Å². The van der Waals surface area contributed by atoms with E-state index in [2.05, 4.69) is 50.3 Å². The molecule has 0 saturated carbocycles. The molecule has 0 unspecified atom stereocenters. The van der Waals surface area contributed by atoms with Crippen LogP contribution in [0.5, 0.6) is 0 Å². The maximum atomic E-state index is 3.24. The predicted octanol–water partition coefficient (Wildman–Crippen LogP) is 3.76. The normalized spacial score (nSPS) is 10.9. The van der Waals surface area contributed by atoms with Crippen molar-refractivity contribution in [2.24, 2.45) is 0 Å². The molecule has 0 aliphatic heterocycles. The lowest BCUT2D eigenvalue weighted by molar-refractivity contribution is 0.921. The van der Waals surface area contributed by atoms with Crippen molar-refractivity contribution in [2.45, 2.75) is 33.1 Å². The molecule has 1 radical (unpaired) electrons. The third-order valence-electron chi connectivity index (χ3n) is 1.97. The minimum atomic E-state index is 1.05. The van der Waals surface area contributed by atoms with Gasteiger partial charge in [-0.25, -0.2) is 0 Å². The quantitative estimate of drug-likeness (QED) is 0.650. The summed E-state index contributed by atoms with van der Waals surface area (Å²) in [5.41, 5.74) is 2.60. The summed E-state index contributed by atoms with van der Waals surface area (Å²) in [6.45, 7) is 4.33. The summed E-state index contributed by atoms with van der Waals surface area (Å²) < 4.78 is 0. The molecule has 1 aromatic rings. The molecule has 0 amide bonds. The van der Waals surface area contributed by atoms with E-state index in [9.17, 15) is 0 Å². The second kappa shape index (κ2) is 5.58. The predicted molar refractivity (Wildman–Crippen MR) is 57.6 cm³/mol. The molecule has 0 aliphatic carbocycles. The SMILES string of the molecule is CC/C=[C]\c1ccc(CCC)cc1. The zero-order chi connectivity index (χ0) is 9.52. The van der Waals surface area contributed by atoms with Crippen LogP contribution in [0, 0.1) is 6.08 Å². The van der Waals surface area contributed by atoms with Crippen LogP contribution in [0.1, 0.15) is 37.8 Å². The number of hydrogen-bond acceptors (Lipinski definition) is 0. The largest absolute Gasteiger partial charge is 0.0763 e. The zero-order valence-electron chi connectivity index (χ0n) is 8.51. The number of aryl methyl sites for hydroxylation is 1. The van der Waals surface area contributed by atoms with Crippen molar-refractivity contribution >= 4 is 0 Å². The molecule has 0 atom stereocenters. The van der Waals surface area contributed by atoms with E-state index in [0.717, 1.165) is 6.42 Å². The first-order valence-electron chi connectivity index (χ1n) is 5.04. The second-order valence-electron chi connectivity index (χ2n) is 3.20. The number of allylic oxidation sites excluding steroid dienone is 1. The number of rotatable bonds is 4. The monoisotopic (exact) mass is 173 g/mol. The van der Waals surface area contributed by atoms with Gasteiger partial charge in [-0.05, 0) is 30.0 Å². The van der Waals surface area contributed by atoms with Crippen LogP contribution in [0.2, 0.25) is 0 Å². The molecule has 0 spiro atoms. The molecule has 1 rings (SSSR count). The Hall–Kier alpha value is -1.04. The molecule has 0 bridgehead atoms. The fourth-order valence-corrected chi connectivity index (χ4v) is 1.28. The van der Waals surface area contributed by atoms with E-state index in [0.29, 0.717) is 0 Å². The summed E-state index contributed by atoms with van der Waals surface area (Å²) in [7, 11) is 0. The van der Waals surface area contributed by atoms with Crippen molar-refractivity contribution in [3.05, 3.63) is 47.5 Å². The third-order valence-corrected chi connectivity index (χ3v) is 1.97. The van der Waals surface area contributed by atoms with E-state index >= 15 is 0 Å². The molecular weight excluding hydrogens is 156 g/mol. The molecule has 13 heavy (non-hydrogen) atoms. The van der Waals surface area contributed by atoms with E-state index in [1.54, 1.807) is 0 Å². The first kappa shape index (κ1) is 10.0. The third kappa shape index (κ3) is 3.45. The molecule has 0 fully saturated rings. The van der Waals surface area contributed by atoms with Crippen LogP contribution in [-0.2, 0) is 6.42 Å². The Morgan fingerprint density at radius 1 is 1.15 bits per heavy atom. The van der Waals surface area contributed by atoms with Gasteiger partial charge in [-0.2, -0.15) is 0 Å². The number of benzene rings is 1. The second-order valence-corrected chi connectivity index (χ2v) is 3.20. The lowest BCUT2D eigenvalue weighted by atomic mass is 10.1. The van der Waals surface area contributed by atoms with Crippen LogP contribution >= 0.6 is 0 Å². The van der Waals surface area contributed by atoms with E-state index in [1.807, 2.05) is 0 Å². The maximum Gasteiger partial charge on any atom is -0.0149 e. The summed E-state index contributed by atoms with van der Waals surface area (Å²) in [5, 5.41) is 0. The molecule has 0 saturated heterocycles. The van der Waals surface area contributed by atoms with Gasteiger partial charge >= 0.3 is 0 Å². The maximum absolute atomic E-state index is 3.24. The van der Waals surface area contributed by atoms with Gasteiger partial charge in [-0.3, -0.25) is 0 Å². The summed E-state index contributed by atoms with van der Waals surface area (Å²) in [6.07, 6.45) is 8.75. The zero-order valence-corrected chi connectivity index (χ0v) is 8.51. The minimum Gasteiger partial charge on any atom is -0.0763 e. The van der Waals surface area contributed by atoms with Crippen molar-refractivity contribution in [1.82, 2.24) is 0 Å². The molecule has 0 aromatic heterocycles. The van der Waals surface area contributed by atoms with Crippen molar-refractivity contribution in [1.29, 1.82) is 0 Å². The molecule has 0 nitrogen and oxygen atoms in total. The van der Waals surface area contributed by atoms with Gasteiger partial charge in [0.2, 0.25) is 0 Å². The average Bonchev–Trinajstić information content (AvgIpc) is 2.17. The standard InChI is InChI=1S/C13H17/c1-3-5-7-13-10-8-12(6-4-2)9-11-13/h5,8-11H,3-4,6H2,1-2H3. The molecule has 0 heteroatoms. The highest BCUT2D eigenvalue weighted by Crippen LogP contribution is 2.06. The fraction of sp³-hybridized carbons (Fsp3) is 0.385. The Morgan fingerprint density at radius 2 is 1.85 bits per heavy atom. The number of hydrogen-bond donors (Lipinski definition) is 0. The molecule has 0 N–H and O–H groups in total. The molecule has 0 heterocycles. The van der Waals surface area contributed by atoms with Gasteiger partial charge in [-0.1, -0.05) is 50.6 Å². The molecule has 1 aromatic carbocycles. The van der Waals surface area contributed by atoms with Crippen LogP contribution < -0.4 is 0 Å². The minimum absolute atomic E-state index is 1.05.